The van der Waals surface area contributed by atoms with E-state index in [9.17, 15) is 14.0 Å². The Hall–Kier alpha value is -3.21. The van der Waals surface area contributed by atoms with Crippen LogP contribution in [0, 0.1) is 17.7 Å². The largest absolute Gasteiger partial charge is 0.381 e. The number of carbonyl (C=O) groups is 2. The Kier molecular flexibility index (Phi) is 6.77. The zero-order chi connectivity index (χ0) is 23.4. The van der Waals surface area contributed by atoms with E-state index in [2.05, 4.69) is 23.2 Å². The number of amides is 2. The smallest absolute Gasteiger partial charge is 0.254 e. The number of nitrogens with two attached hydrogens (primary N) is 1. The summed E-state index contributed by atoms with van der Waals surface area (Å²) in [6.07, 6.45) is 1.52. The van der Waals surface area contributed by atoms with E-state index in [0.717, 1.165) is 16.7 Å². The maximum absolute atomic E-state index is 13.2. The van der Waals surface area contributed by atoms with Gasteiger partial charge in [-0.15, -0.1) is 5.92 Å². The molecule has 0 bridgehead atoms. The van der Waals surface area contributed by atoms with E-state index in [1.54, 1.807) is 11.8 Å². The first-order valence-electron chi connectivity index (χ1n) is 11.1. The predicted octanol–water partition coefficient (Wildman–Crippen LogP) is 2.54. The Morgan fingerprint density at radius 3 is 2.55 bits per heavy atom. The lowest BCUT2D eigenvalue weighted by molar-refractivity contribution is -0.130. The first-order chi connectivity index (χ1) is 15.9. The summed E-state index contributed by atoms with van der Waals surface area (Å²) in [5, 5.41) is 3.01. The highest BCUT2D eigenvalue weighted by Crippen LogP contribution is 2.26. The molecule has 4 rings (SSSR count). The molecule has 7 heteroatoms. The summed E-state index contributed by atoms with van der Waals surface area (Å²) in [4.78, 5) is 27.4. The van der Waals surface area contributed by atoms with Gasteiger partial charge in [0.2, 0.25) is 5.91 Å². The Morgan fingerprint density at radius 1 is 1.15 bits per heavy atom. The highest BCUT2D eigenvalue weighted by molar-refractivity contribution is 5.94. The topological polar surface area (TPSA) is 84.7 Å². The van der Waals surface area contributed by atoms with Gasteiger partial charge in [-0.05, 0) is 60.7 Å². The van der Waals surface area contributed by atoms with E-state index in [0.29, 0.717) is 51.1 Å². The van der Waals surface area contributed by atoms with Crippen molar-refractivity contribution in [2.75, 3.05) is 13.2 Å². The van der Waals surface area contributed by atoms with Crippen LogP contribution in [0.3, 0.4) is 0 Å². The first kappa shape index (κ1) is 23.0. The van der Waals surface area contributed by atoms with Crippen molar-refractivity contribution in [2.24, 2.45) is 5.73 Å². The number of hydrogen-bond donors (Lipinski definition) is 2. The fourth-order valence-corrected chi connectivity index (χ4v) is 4.31. The van der Waals surface area contributed by atoms with E-state index >= 15 is 0 Å². The van der Waals surface area contributed by atoms with E-state index in [4.69, 9.17) is 10.5 Å². The van der Waals surface area contributed by atoms with Crippen molar-refractivity contribution in [2.45, 2.75) is 50.9 Å². The molecule has 2 aliphatic heterocycles. The summed E-state index contributed by atoms with van der Waals surface area (Å²) in [7, 11) is 0. The molecule has 0 spiro atoms. The monoisotopic (exact) mass is 449 g/mol. The number of benzene rings is 2. The molecule has 0 aromatic heterocycles. The van der Waals surface area contributed by atoms with Gasteiger partial charge in [0.15, 0.2) is 0 Å². The van der Waals surface area contributed by atoms with Gasteiger partial charge in [-0.1, -0.05) is 24.1 Å². The second-order valence-corrected chi connectivity index (χ2v) is 8.66. The van der Waals surface area contributed by atoms with Gasteiger partial charge < -0.3 is 20.7 Å². The lowest BCUT2D eigenvalue weighted by Crippen LogP contribution is -2.58. The fourth-order valence-electron chi connectivity index (χ4n) is 4.31. The summed E-state index contributed by atoms with van der Waals surface area (Å²) >= 11 is 0. The quantitative estimate of drug-likeness (QED) is 0.687. The fraction of sp³-hybridized carbons (Fsp3) is 0.385. The second-order valence-electron chi connectivity index (χ2n) is 8.66. The molecule has 1 atom stereocenters. The van der Waals surface area contributed by atoms with Crippen molar-refractivity contribution in [3.05, 3.63) is 70.5 Å². The average molecular weight is 450 g/mol. The standard InChI is InChI=1S/C26H28FN3O3/c1-2-3-23(29-25(32)26(28)10-12-33-13-11-26)15-18-4-5-20-16-30(17-21(20)14-18)24(31)19-6-8-22(27)9-7-19/h4-9,14,23H,10-13,15-17,28H2,1H3,(H,29,32). The van der Waals surface area contributed by atoms with Crippen molar-refractivity contribution in [3.63, 3.8) is 0 Å². The molecular formula is C26H28FN3O3. The molecule has 1 unspecified atom stereocenters. The molecule has 2 aromatic carbocycles. The number of carbonyl (C=O) groups excluding carboxylic acids is 2. The molecule has 2 heterocycles. The van der Waals surface area contributed by atoms with Crippen molar-refractivity contribution in [3.8, 4) is 11.8 Å². The Labute approximate surface area is 193 Å². The minimum atomic E-state index is -0.926. The third-order valence-electron chi connectivity index (χ3n) is 6.27. The average Bonchev–Trinajstić information content (AvgIpc) is 3.23. The van der Waals surface area contributed by atoms with Crippen LogP contribution in [0.5, 0.6) is 0 Å². The van der Waals surface area contributed by atoms with Crippen LogP contribution in [-0.4, -0.2) is 41.5 Å². The van der Waals surface area contributed by atoms with E-state index in [-0.39, 0.29) is 23.7 Å². The Balaban J connectivity index is 1.42. The third kappa shape index (κ3) is 5.24. The summed E-state index contributed by atoms with van der Waals surface area (Å²) in [5.41, 5.74) is 9.03. The maximum Gasteiger partial charge on any atom is 0.254 e. The van der Waals surface area contributed by atoms with Gasteiger partial charge in [-0.3, -0.25) is 9.59 Å². The Bertz CT molecular complexity index is 1100. The van der Waals surface area contributed by atoms with Crippen molar-refractivity contribution >= 4 is 11.8 Å². The normalized spacial score (nSPS) is 17.5. The minimum Gasteiger partial charge on any atom is -0.381 e. The molecular weight excluding hydrogens is 421 g/mol. The van der Waals surface area contributed by atoms with E-state index < -0.39 is 5.54 Å². The van der Waals surface area contributed by atoms with E-state index in [1.807, 2.05) is 12.1 Å². The molecule has 0 saturated carbocycles. The first-order valence-corrected chi connectivity index (χ1v) is 11.1. The van der Waals surface area contributed by atoms with Crippen molar-refractivity contribution in [1.82, 2.24) is 10.2 Å². The minimum absolute atomic E-state index is 0.126. The summed E-state index contributed by atoms with van der Waals surface area (Å²) in [5.74, 6) is 5.28. The summed E-state index contributed by atoms with van der Waals surface area (Å²) in [6, 6.07) is 11.3. The zero-order valence-corrected chi connectivity index (χ0v) is 18.7. The molecule has 1 saturated heterocycles. The third-order valence-corrected chi connectivity index (χ3v) is 6.27. The molecule has 2 aliphatic rings. The summed E-state index contributed by atoms with van der Waals surface area (Å²) in [6.45, 7) is 3.70. The van der Waals surface area contributed by atoms with Gasteiger partial charge in [-0.2, -0.15) is 0 Å². The number of ether oxygens (including phenoxy) is 1. The number of hydrogen-bond acceptors (Lipinski definition) is 4. The van der Waals surface area contributed by atoms with Gasteiger partial charge in [0.25, 0.3) is 5.91 Å². The zero-order valence-electron chi connectivity index (χ0n) is 18.7. The molecule has 6 nitrogen and oxygen atoms in total. The van der Waals surface area contributed by atoms with Gasteiger partial charge in [-0.25, -0.2) is 4.39 Å². The molecule has 2 amide bonds. The van der Waals surface area contributed by atoms with Gasteiger partial charge in [0, 0.05) is 38.3 Å². The molecule has 33 heavy (non-hydrogen) atoms. The van der Waals surface area contributed by atoms with Crippen LogP contribution in [-0.2, 0) is 29.0 Å². The highest BCUT2D eigenvalue weighted by Gasteiger charge is 2.36. The molecule has 0 aliphatic carbocycles. The summed E-state index contributed by atoms with van der Waals surface area (Å²) < 4.78 is 18.5. The van der Waals surface area contributed by atoms with Crippen LogP contribution >= 0.6 is 0 Å². The lowest BCUT2D eigenvalue weighted by atomic mass is 9.89. The number of fused-ring (bicyclic) bond motifs is 1. The van der Waals surface area contributed by atoms with Crippen LogP contribution in [0.25, 0.3) is 0 Å². The van der Waals surface area contributed by atoms with Crippen molar-refractivity contribution in [1.29, 1.82) is 0 Å². The number of nitrogens with zero attached hydrogens (tertiary/aromatic N) is 1. The van der Waals surface area contributed by atoms with Crippen LogP contribution in [0.4, 0.5) is 4.39 Å². The number of halogens is 1. The molecule has 3 N–H and O–H groups in total. The van der Waals surface area contributed by atoms with Crippen LogP contribution in [0.15, 0.2) is 42.5 Å². The van der Waals surface area contributed by atoms with Gasteiger partial charge in [0.05, 0.1) is 11.6 Å². The van der Waals surface area contributed by atoms with Gasteiger partial charge in [0.1, 0.15) is 5.82 Å². The van der Waals surface area contributed by atoms with Crippen molar-refractivity contribution < 1.29 is 18.7 Å². The second kappa shape index (κ2) is 9.74. The number of rotatable bonds is 5. The Morgan fingerprint density at radius 2 is 1.85 bits per heavy atom. The molecule has 2 aromatic rings. The van der Waals surface area contributed by atoms with Crippen LogP contribution in [0.1, 0.15) is 46.8 Å². The van der Waals surface area contributed by atoms with Crippen LogP contribution in [0.2, 0.25) is 0 Å². The SMILES string of the molecule is CC#CC(Cc1ccc2c(c1)CN(C(=O)c1ccc(F)cc1)C2)NC(=O)C1(N)CCOCC1. The molecule has 1 fully saturated rings. The van der Waals surface area contributed by atoms with E-state index in [1.165, 1.54) is 24.3 Å². The predicted molar refractivity (Wildman–Crippen MR) is 122 cm³/mol. The van der Waals surface area contributed by atoms with Crippen LogP contribution < -0.4 is 11.1 Å². The number of nitrogens with one attached hydrogen (secondary N) is 1. The lowest BCUT2D eigenvalue weighted by Gasteiger charge is -2.32. The molecule has 0 radical (unpaired) electrons. The van der Waals surface area contributed by atoms with Gasteiger partial charge >= 0.3 is 0 Å². The molecule has 172 valence electrons. The highest BCUT2D eigenvalue weighted by atomic mass is 19.1. The maximum atomic E-state index is 13.2.